The number of hydrogen-bond acceptors (Lipinski definition) is 7. The van der Waals surface area contributed by atoms with Gasteiger partial charge < -0.3 is 20.3 Å². The number of carbonyl (C=O) groups is 1. The Balaban J connectivity index is 1.33. The molecule has 1 aromatic carbocycles. The fraction of sp³-hybridized carbons (Fsp3) is 0.391. The number of nitriles is 1. The molecule has 1 aromatic heterocycles. The van der Waals surface area contributed by atoms with Gasteiger partial charge in [-0.25, -0.2) is 18.7 Å². The van der Waals surface area contributed by atoms with Crippen molar-refractivity contribution in [1.29, 1.82) is 5.26 Å². The molecular weight excluding hydrogens is 430 g/mol. The highest BCUT2D eigenvalue weighted by atomic mass is 19.1. The third-order valence-corrected chi connectivity index (χ3v) is 6.65. The zero-order chi connectivity index (χ0) is 23.2. The molecule has 4 heterocycles. The Kier molecular flexibility index (Phi) is 5.21. The Bertz CT molecular complexity index is 1170. The molecule has 2 aromatic rings. The van der Waals surface area contributed by atoms with Crippen molar-refractivity contribution in [1.82, 2.24) is 14.9 Å². The van der Waals surface area contributed by atoms with Crippen LogP contribution in [0, 0.1) is 17.1 Å². The first-order chi connectivity index (χ1) is 15.9. The molecule has 8 nitrogen and oxygen atoms in total. The van der Waals surface area contributed by atoms with Gasteiger partial charge in [-0.2, -0.15) is 5.26 Å². The zero-order valence-corrected chi connectivity index (χ0v) is 17.7. The van der Waals surface area contributed by atoms with Gasteiger partial charge in [-0.15, -0.1) is 0 Å². The van der Waals surface area contributed by atoms with Gasteiger partial charge in [0, 0.05) is 38.3 Å². The number of anilines is 1. The van der Waals surface area contributed by atoms with Crippen molar-refractivity contribution in [2.75, 3.05) is 18.0 Å². The van der Waals surface area contributed by atoms with Crippen molar-refractivity contribution in [3.63, 3.8) is 0 Å². The highest BCUT2D eigenvalue weighted by molar-refractivity contribution is 5.88. The van der Waals surface area contributed by atoms with Crippen molar-refractivity contribution in [3.8, 4) is 6.07 Å². The number of amides is 1. The van der Waals surface area contributed by atoms with Gasteiger partial charge in [0.1, 0.15) is 17.9 Å². The first kappa shape index (κ1) is 21.3. The number of benzene rings is 1. The third kappa shape index (κ3) is 3.58. The molecule has 3 aliphatic heterocycles. The number of hydrogen-bond donors (Lipinski definition) is 1. The van der Waals surface area contributed by atoms with Crippen molar-refractivity contribution in [2.24, 2.45) is 5.73 Å². The van der Waals surface area contributed by atoms with E-state index < -0.39 is 17.2 Å². The standard InChI is InChI=1S/C23H22F2N6O2/c24-16-10-14(12-26)9-15(11-16)18-1-2-20-31(18)22(32)23(33-20)4-7-30(8-5-23)19-3-6-28-21(29-19)17(25)13-27/h3,6,9-11,13,18,20H,1-2,4-5,7-8,27H2/b17-13+. The summed E-state index contributed by atoms with van der Waals surface area (Å²) in [6.45, 7) is 1.000. The maximum absolute atomic E-state index is 14.0. The predicted molar refractivity (Wildman–Crippen MR) is 114 cm³/mol. The van der Waals surface area contributed by atoms with Crippen molar-refractivity contribution < 1.29 is 18.3 Å². The number of halogens is 2. The maximum Gasteiger partial charge on any atom is 0.257 e. The number of nitrogens with zero attached hydrogens (tertiary/aromatic N) is 5. The molecule has 170 valence electrons. The molecule has 0 aliphatic carbocycles. The lowest BCUT2D eigenvalue weighted by Gasteiger charge is -2.38. The number of nitrogens with two attached hydrogens (primary N) is 1. The summed E-state index contributed by atoms with van der Waals surface area (Å²) in [5.74, 6) is -0.826. The van der Waals surface area contributed by atoms with Gasteiger partial charge >= 0.3 is 0 Å². The summed E-state index contributed by atoms with van der Waals surface area (Å²) in [6.07, 6.45) is 4.13. The summed E-state index contributed by atoms with van der Waals surface area (Å²) in [4.78, 5) is 25.3. The van der Waals surface area contributed by atoms with Gasteiger partial charge in [0.2, 0.25) is 0 Å². The minimum atomic E-state index is -0.941. The monoisotopic (exact) mass is 452 g/mol. The number of ether oxygens (including phenoxy) is 1. The first-order valence-corrected chi connectivity index (χ1v) is 10.8. The molecule has 33 heavy (non-hydrogen) atoms. The van der Waals surface area contributed by atoms with E-state index in [9.17, 15) is 18.8 Å². The molecule has 3 fully saturated rings. The van der Waals surface area contributed by atoms with Crippen molar-refractivity contribution in [3.05, 3.63) is 59.4 Å². The van der Waals surface area contributed by atoms with Crippen molar-refractivity contribution >= 4 is 17.6 Å². The summed E-state index contributed by atoms with van der Waals surface area (Å²) in [6, 6.07) is 7.54. The fourth-order valence-electron chi connectivity index (χ4n) is 5.05. The molecule has 3 aliphatic rings. The summed E-state index contributed by atoms with van der Waals surface area (Å²) in [5.41, 5.74) is 5.13. The summed E-state index contributed by atoms with van der Waals surface area (Å²) >= 11 is 0. The predicted octanol–water partition coefficient (Wildman–Crippen LogP) is 2.77. The molecule has 0 bridgehead atoms. The Morgan fingerprint density at radius 3 is 2.82 bits per heavy atom. The van der Waals surface area contributed by atoms with E-state index in [0.29, 0.717) is 50.2 Å². The highest BCUT2D eigenvalue weighted by Gasteiger charge is 2.58. The van der Waals surface area contributed by atoms with Crippen LogP contribution in [0.25, 0.3) is 5.83 Å². The number of piperidine rings is 1. The minimum absolute atomic E-state index is 0.0844. The smallest absolute Gasteiger partial charge is 0.257 e. The Hall–Kier alpha value is -3.58. The Labute approximate surface area is 189 Å². The van der Waals surface area contributed by atoms with Gasteiger partial charge in [0.05, 0.1) is 17.7 Å². The van der Waals surface area contributed by atoms with Crippen LogP contribution < -0.4 is 10.6 Å². The lowest BCUT2D eigenvalue weighted by Crippen LogP contribution is -2.50. The van der Waals surface area contributed by atoms with E-state index in [1.54, 1.807) is 17.0 Å². The largest absolute Gasteiger partial charge is 0.402 e. The van der Waals surface area contributed by atoms with Crippen LogP contribution in [-0.2, 0) is 9.53 Å². The average molecular weight is 452 g/mol. The van der Waals surface area contributed by atoms with Gasteiger partial charge in [0.25, 0.3) is 5.91 Å². The van der Waals surface area contributed by atoms with E-state index in [1.165, 1.54) is 18.3 Å². The van der Waals surface area contributed by atoms with Gasteiger partial charge in [-0.1, -0.05) is 0 Å². The second kappa shape index (κ2) is 8.08. The van der Waals surface area contributed by atoms with Gasteiger partial charge in [0.15, 0.2) is 17.3 Å². The van der Waals surface area contributed by atoms with Crippen LogP contribution in [-0.4, -0.2) is 45.7 Å². The van der Waals surface area contributed by atoms with E-state index in [-0.39, 0.29) is 29.6 Å². The lowest BCUT2D eigenvalue weighted by atomic mass is 9.89. The second-order valence-electron chi connectivity index (χ2n) is 8.50. The van der Waals surface area contributed by atoms with E-state index in [0.717, 1.165) is 6.20 Å². The van der Waals surface area contributed by atoms with E-state index in [2.05, 4.69) is 9.97 Å². The SMILES string of the molecule is N#Cc1cc(F)cc(C2CCC3OC4(CCN(c5ccnc(/C(F)=C\N)n5)CC4)C(=O)N32)c1. The topological polar surface area (TPSA) is 108 Å². The summed E-state index contributed by atoms with van der Waals surface area (Å²) < 4.78 is 34.1. The van der Waals surface area contributed by atoms with E-state index >= 15 is 0 Å². The quantitative estimate of drug-likeness (QED) is 0.763. The molecule has 2 unspecified atom stereocenters. The fourth-order valence-corrected chi connectivity index (χ4v) is 5.05. The zero-order valence-electron chi connectivity index (χ0n) is 17.7. The van der Waals surface area contributed by atoms with E-state index in [4.69, 9.17) is 10.5 Å². The molecular formula is C23H22F2N6O2. The third-order valence-electron chi connectivity index (χ3n) is 6.65. The van der Waals surface area contributed by atoms with Crippen LogP contribution in [0.5, 0.6) is 0 Å². The van der Waals surface area contributed by atoms with Crippen LogP contribution in [0.4, 0.5) is 14.6 Å². The number of aromatic nitrogens is 2. The normalized spacial score (nSPS) is 24.3. The summed E-state index contributed by atoms with van der Waals surface area (Å²) in [5, 5.41) is 9.18. The molecule has 1 amide bonds. The van der Waals surface area contributed by atoms with Crippen LogP contribution >= 0.6 is 0 Å². The van der Waals surface area contributed by atoms with Crippen LogP contribution in [0.15, 0.2) is 36.7 Å². The molecule has 2 atom stereocenters. The van der Waals surface area contributed by atoms with Crippen molar-refractivity contribution in [2.45, 2.75) is 43.6 Å². The Morgan fingerprint density at radius 2 is 2.09 bits per heavy atom. The second-order valence-corrected chi connectivity index (χ2v) is 8.50. The minimum Gasteiger partial charge on any atom is -0.402 e. The number of rotatable bonds is 3. The van der Waals surface area contributed by atoms with Crippen LogP contribution in [0.2, 0.25) is 0 Å². The molecule has 1 spiro atoms. The molecule has 0 radical (unpaired) electrons. The molecule has 2 N–H and O–H groups in total. The van der Waals surface area contributed by atoms with Gasteiger partial charge in [-0.3, -0.25) is 4.79 Å². The number of fused-ring (bicyclic) bond motifs is 1. The highest BCUT2D eigenvalue weighted by Crippen LogP contribution is 2.48. The van der Waals surface area contributed by atoms with Crippen LogP contribution in [0.1, 0.15) is 48.7 Å². The average Bonchev–Trinajstić information content (AvgIpc) is 3.36. The van der Waals surface area contributed by atoms with E-state index in [1.807, 2.05) is 11.0 Å². The molecule has 3 saturated heterocycles. The molecule has 5 rings (SSSR count). The maximum atomic E-state index is 14.0. The molecule has 10 heteroatoms. The lowest BCUT2D eigenvalue weighted by molar-refractivity contribution is -0.140. The van der Waals surface area contributed by atoms with Gasteiger partial charge in [-0.05, 0) is 42.7 Å². The number of carbonyl (C=O) groups excluding carboxylic acids is 1. The first-order valence-electron chi connectivity index (χ1n) is 10.8. The summed E-state index contributed by atoms with van der Waals surface area (Å²) in [7, 11) is 0. The van der Waals surface area contributed by atoms with Crippen LogP contribution in [0.3, 0.4) is 0 Å². The molecule has 0 saturated carbocycles. The Morgan fingerprint density at radius 1 is 1.30 bits per heavy atom.